The van der Waals surface area contributed by atoms with Crippen LogP contribution >= 0.6 is 12.4 Å². The van der Waals surface area contributed by atoms with E-state index in [4.69, 9.17) is 5.73 Å². The number of H-pyrrole nitrogens is 1. The smallest absolute Gasteiger partial charge is 0.274 e. The second-order valence-electron chi connectivity index (χ2n) is 4.75. The third kappa shape index (κ3) is 2.57. The summed E-state index contributed by atoms with van der Waals surface area (Å²) in [5, 5.41) is 7.92. The van der Waals surface area contributed by atoms with Gasteiger partial charge in [-0.2, -0.15) is 5.10 Å². The first-order chi connectivity index (χ1) is 8.75. The van der Waals surface area contributed by atoms with Gasteiger partial charge >= 0.3 is 0 Å². The second-order valence-corrected chi connectivity index (χ2v) is 4.75. The summed E-state index contributed by atoms with van der Waals surface area (Å²) in [6.07, 6.45) is 1.74. The zero-order chi connectivity index (χ0) is 12.5. The lowest BCUT2D eigenvalue weighted by Gasteiger charge is -2.29. The quantitative estimate of drug-likeness (QED) is 0.832. The molecule has 3 rings (SSSR count). The van der Waals surface area contributed by atoms with Crippen molar-refractivity contribution in [2.24, 2.45) is 5.73 Å². The van der Waals surface area contributed by atoms with Gasteiger partial charge in [-0.25, -0.2) is 0 Å². The highest BCUT2D eigenvalue weighted by atomic mass is 35.5. The van der Waals surface area contributed by atoms with Crippen LogP contribution in [0.5, 0.6) is 0 Å². The summed E-state index contributed by atoms with van der Waals surface area (Å²) in [5.41, 5.74) is 7.26. The number of para-hydroxylation sites is 1. The van der Waals surface area contributed by atoms with Gasteiger partial charge in [0.25, 0.3) is 5.91 Å². The topological polar surface area (TPSA) is 75.0 Å². The van der Waals surface area contributed by atoms with E-state index < -0.39 is 0 Å². The van der Waals surface area contributed by atoms with Crippen LogP contribution in [0.3, 0.4) is 0 Å². The number of nitrogens with two attached hydrogens (primary N) is 1. The number of carbonyl (C=O) groups excluding carboxylic acids is 1. The fourth-order valence-electron chi connectivity index (χ4n) is 2.38. The third-order valence-corrected chi connectivity index (χ3v) is 3.50. The number of aromatic nitrogens is 2. The van der Waals surface area contributed by atoms with E-state index in [-0.39, 0.29) is 24.4 Å². The van der Waals surface area contributed by atoms with Crippen LogP contribution in [0.4, 0.5) is 0 Å². The van der Waals surface area contributed by atoms with Gasteiger partial charge in [0.15, 0.2) is 5.69 Å². The molecule has 1 aromatic heterocycles. The fourth-order valence-corrected chi connectivity index (χ4v) is 2.38. The van der Waals surface area contributed by atoms with E-state index >= 15 is 0 Å². The summed E-state index contributed by atoms with van der Waals surface area (Å²) in [4.78, 5) is 14.2. The Morgan fingerprint density at radius 1 is 1.32 bits per heavy atom. The number of benzene rings is 1. The number of aromatic amines is 1. The van der Waals surface area contributed by atoms with E-state index in [9.17, 15) is 4.79 Å². The van der Waals surface area contributed by atoms with Crippen LogP contribution in [0.15, 0.2) is 24.3 Å². The van der Waals surface area contributed by atoms with E-state index in [0.717, 1.165) is 36.8 Å². The Bertz CT molecular complexity index is 575. The van der Waals surface area contributed by atoms with Crippen LogP contribution in [0.25, 0.3) is 10.9 Å². The van der Waals surface area contributed by atoms with Crippen molar-refractivity contribution in [2.75, 3.05) is 13.1 Å². The van der Waals surface area contributed by atoms with Gasteiger partial charge in [-0.3, -0.25) is 9.89 Å². The van der Waals surface area contributed by atoms with E-state index in [1.54, 1.807) is 0 Å². The maximum absolute atomic E-state index is 12.4. The molecule has 1 aromatic carbocycles. The first-order valence-electron chi connectivity index (χ1n) is 6.23. The molecule has 6 heteroatoms. The first-order valence-corrected chi connectivity index (χ1v) is 6.23. The van der Waals surface area contributed by atoms with Crippen molar-refractivity contribution in [2.45, 2.75) is 18.9 Å². The van der Waals surface area contributed by atoms with Crippen LogP contribution in [-0.2, 0) is 0 Å². The molecule has 0 saturated carbocycles. The lowest BCUT2D eigenvalue weighted by Crippen LogP contribution is -2.43. The Hall–Kier alpha value is -1.59. The molecule has 0 unspecified atom stereocenters. The SMILES string of the molecule is Cl.NC1CCN(C(=O)c2n[nH]c3ccccc23)CC1. The highest BCUT2D eigenvalue weighted by Crippen LogP contribution is 2.18. The van der Waals surface area contributed by atoms with E-state index in [1.807, 2.05) is 29.2 Å². The molecule has 1 fully saturated rings. The van der Waals surface area contributed by atoms with Gasteiger partial charge in [-0.05, 0) is 18.9 Å². The van der Waals surface area contributed by atoms with Crippen LogP contribution in [-0.4, -0.2) is 40.1 Å². The number of hydrogen-bond acceptors (Lipinski definition) is 3. The van der Waals surface area contributed by atoms with Crippen molar-refractivity contribution < 1.29 is 4.79 Å². The summed E-state index contributed by atoms with van der Waals surface area (Å²) < 4.78 is 0. The average Bonchev–Trinajstić information content (AvgIpc) is 2.82. The largest absolute Gasteiger partial charge is 0.337 e. The number of halogens is 1. The first kappa shape index (κ1) is 13.8. The Balaban J connectivity index is 0.00000133. The Morgan fingerprint density at radius 2 is 2.00 bits per heavy atom. The van der Waals surface area contributed by atoms with Crippen LogP contribution in [0, 0.1) is 0 Å². The van der Waals surface area contributed by atoms with Gasteiger partial charge in [0.05, 0.1) is 5.52 Å². The number of piperidine rings is 1. The Morgan fingerprint density at radius 3 is 2.74 bits per heavy atom. The predicted molar refractivity (Wildman–Crippen MR) is 76.5 cm³/mol. The number of rotatable bonds is 1. The molecule has 1 aliphatic rings. The molecule has 5 nitrogen and oxygen atoms in total. The van der Waals surface area contributed by atoms with E-state index in [2.05, 4.69) is 10.2 Å². The number of likely N-dealkylation sites (tertiary alicyclic amines) is 1. The highest BCUT2D eigenvalue weighted by molar-refractivity contribution is 6.04. The van der Waals surface area contributed by atoms with Gasteiger partial charge in [0.1, 0.15) is 0 Å². The number of amides is 1. The molecule has 0 aliphatic carbocycles. The van der Waals surface area contributed by atoms with Gasteiger partial charge in [-0.15, -0.1) is 12.4 Å². The number of carbonyl (C=O) groups is 1. The maximum atomic E-state index is 12.4. The zero-order valence-corrected chi connectivity index (χ0v) is 11.3. The Labute approximate surface area is 117 Å². The van der Waals surface area contributed by atoms with Crippen molar-refractivity contribution >= 4 is 29.2 Å². The number of nitrogens with one attached hydrogen (secondary N) is 1. The predicted octanol–water partition coefficient (Wildman–Crippen LogP) is 1.55. The molecule has 3 N–H and O–H groups in total. The molecule has 0 spiro atoms. The van der Waals surface area contributed by atoms with Gasteiger partial charge in [0.2, 0.25) is 0 Å². The van der Waals surface area contributed by atoms with Crippen molar-refractivity contribution in [3.8, 4) is 0 Å². The summed E-state index contributed by atoms with van der Waals surface area (Å²) in [7, 11) is 0. The van der Waals surface area contributed by atoms with E-state index in [0.29, 0.717) is 5.69 Å². The van der Waals surface area contributed by atoms with E-state index in [1.165, 1.54) is 0 Å². The molecule has 102 valence electrons. The average molecular weight is 281 g/mol. The van der Waals surface area contributed by atoms with Crippen LogP contribution < -0.4 is 5.73 Å². The molecular formula is C13H17ClN4O. The number of fused-ring (bicyclic) bond motifs is 1. The summed E-state index contributed by atoms with van der Waals surface area (Å²) in [6.45, 7) is 1.45. The maximum Gasteiger partial charge on any atom is 0.274 e. The summed E-state index contributed by atoms with van der Waals surface area (Å²) in [6, 6.07) is 7.91. The molecule has 0 bridgehead atoms. The standard InChI is InChI=1S/C13H16N4O.ClH/c14-9-5-7-17(8-6-9)13(18)12-10-3-1-2-4-11(10)15-16-12;/h1-4,9H,5-8,14H2,(H,15,16);1H. The van der Waals surface area contributed by atoms with Crippen molar-refractivity contribution in [3.05, 3.63) is 30.0 Å². The minimum absolute atomic E-state index is 0. The van der Waals surface area contributed by atoms with Crippen LogP contribution in [0.2, 0.25) is 0 Å². The third-order valence-electron chi connectivity index (χ3n) is 3.50. The second kappa shape index (κ2) is 5.59. The summed E-state index contributed by atoms with van der Waals surface area (Å²) >= 11 is 0. The monoisotopic (exact) mass is 280 g/mol. The fraction of sp³-hybridized carbons (Fsp3) is 0.385. The minimum Gasteiger partial charge on any atom is -0.337 e. The molecule has 2 heterocycles. The van der Waals surface area contributed by atoms with Gasteiger partial charge in [-0.1, -0.05) is 18.2 Å². The van der Waals surface area contributed by atoms with Gasteiger partial charge < -0.3 is 10.6 Å². The van der Waals surface area contributed by atoms with Crippen molar-refractivity contribution in [1.82, 2.24) is 15.1 Å². The molecule has 2 aromatic rings. The lowest BCUT2D eigenvalue weighted by molar-refractivity contribution is 0.0710. The molecular weight excluding hydrogens is 264 g/mol. The number of nitrogens with zero attached hydrogens (tertiary/aromatic N) is 2. The minimum atomic E-state index is -0.000602. The lowest BCUT2D eigenvalue weighted by atomic mass is 10.1. The van der Waals surface area contributed by atoms with Crippen molar-refractivity contribution in [3.63, 3.8) is 0 Å². The highest BCUT2D eigenvalue weighted by Gasteiger charge is 2.24. The molecule has 1 aliphatic heterocycles. The molecule has 1 amide bonds. The van der Waals surface area contributed by atoms with Crippen LogP contribution in [0.1, 0.15) is 23.3 Å². The zero-order valence-electron chi connectivity index (χ0n) is 10.5. The summed E-state index contributed by atoms with van der Waals surface area (Å²) in [5.74, 6) is -0.000602. The van der Waals surface area contributed by atoms with Gasteiger partial charge in [0, 0.05) is 24.5 Å². The molecule has 19 heavy (non-hydrogen) atoms. The molecule has 0 radical (unpaired) electrons. The normalized spacial score (nSPS) is 16.4. The van der Waals surface area contributed by atoms with Crippen molar-refractivity contribution in [1.29, 1.82) is 0 Å². The Kier molecular flexibility index (Phi) is 4.07. The molecule has 1 saturated heterocycles. The molecule has 0 atom stereocenters. The number of hydrogen-bond donors (Lipinski definition) is 2.